The lowest BCUT2D eigenvalue weighted by Crippen LogP contribution is -2.12. The van der Waals surface area contributed by atoms with E-state index in [1.807, 2.05) is 0 Å². The van der Waals surface area contributed by atoms with Crippen molar-refractivity contribution in [3.05, 3.63) is 59.7 Å². The normalized spacial score (nSPS) is 10.1. The van der Waals surface area contributed by atoms with Gasteiger partial charge < -0.3 is 11.1 Å². The Balaban J connectivity index is 2.40. The molecule has 0 unspecified atom stereocenters. The Morgan fingerprint density at radius 3 is 2.50 bits per heavy atom. The van der Waals surface area contributed by atoms with E-state index in [1.54, 1.807) is 24.3 Å². The van der Waals surface area contributed by atoms with Gasteiger partial charge in [-0.25, -0.2) is 8.78 Å². The van der Waals surface area contributed by atoms with Crippen LogP contribution in [0, 0.1) is 11.6 Å². The molecule has 0 saturated carbocycles. The summed E-state index contributed by atoms with van der Waals surface area (Å²) in [5.74, 6) is -1.07. The molecule has 0 bridgehead atoms. The van der Waals surface area contributed by atoms with Gasteiger partial charge in [0.05, 0.1) is 5.69 Å². The number of hydrogen-bond donors (Lipinski definition) is 2. The van der Waals surface area contributed by atoms with Gasteiger partial charge in [-0.1, -0.05) is 24.4 Å². The number of halogens is 2. The molecule has 2 rings (SSSR count). The van der Waals surface area contributed by atoms with Crippen LogP contribution in [0.1, 0.15) is 5.56 Å². The van der Waals surface area contributed by atoms with Crippen molar-refractivity contribution in [3.63, 3.8) is 0 Å². The van der Waals surface area contributed by atoms with Crippen LogP contribution in [0.25, 0.3) is 0 Å². The van der Waals surface area contributed by atoms with Gasteiger partial charge in [-0.15, -0.1) is 0 Å². The van der Waals surface area contributed by atoms with Gasteiger partial charge >= 0.3 is 0 Å². The van der Waals surface area contributed by atoms with Crippen LogP contribution in [0.15, 0.2) is 42.5 Å². The molecule has 5 heteroatoms. The third-order valence-corrected chi connectivity index (χ3v) is 2.61. The molecule has 0 aliphatic heterocycles. The van der Waals surface area contributed by atoms with Gasteiger partial charge in [0.2, 0.25) is 0 Å². The monoisotopic (exact) mass is 264 g/mol. The molecule has 3 N–H and O–H groups in total. The van der Waals surface area contributed by atoms with Crippen molar-refractivity contribution in [2.75, 3.05) is 5.32 Å². The first kappa shape index (κ1) is 12.4. The summed E-state index contributed by atoms with van der Waals surface area (Å²) in [6.45, 7) is 0. The van der Waals surface area contributed by atoms with Crippen LogP contribution in [-0.2, 0) is 0 Å². The van der Waals surface area contributed by atoms with E-state index < -0.39 is 11.6 Å². The largest absolute Gasteiger partial charge is 0.389 e. The number of thiocarbonyl (C=S) groups is 1. The number of nitrogens with one attached hydrogen (secondary N) is 1. The summed E-state index contributed by atoms with van der Waals surface area (Å²) in [6.07, 6.45) is 0. The molecule has 0 heterocycles. The Kier molecular flexibility index (Phi) is 3.53. The molecular weight excluding hydrogens is 254 g/mol. The maximum atomic E-state index is 13.5. The summed E-state index contributed by atoms with van der Waals surface area (Å²) < 4.78 is 26.5. The molecule has 0 atom stereocenters. The number of benzene rings is 2. The highest BCUT2D eigenvalue weighted by molar-refractivity contribution is 7.80. The van der Waals surface area contributed by atoms with Crippen LogP contribution in [-0.4, -0.2) is 4.99 Å². The minimum atomic E-state index is -0.547. The molecule has 92 valence electrons. The lowest BCUT2D eigenvalue weighted by molar-refractivity contribution is 0.603. The standard InChI is InChI=1S/C13H10F2N2S/c14-8-5-6-10(15)12(7-8)17-11-4-2-1-3-9(11)13(16)18/h1-7,17H,(H2,16,18). The van der Waals surface area contributed by atoms with E-state index in [1.165, 1.54) is 0 Å². The van der Waals surface area contributed by atoms with Crippen LogP contribution in [0.3, 0.4) is 0 Å². The zero-order chi connectivity index (χ0) is 13.1. The van der Waals surface area contributed by atoms with E-state index in [-0.39, 0.29) is 10.7 Å². The van der Waals surface area contributed by atoms with Crippen LogP contribution < -0.4 is 11.1 Å². The van der Waals surface area contributed by atoms with Crippen LogP contribution >= 0.6 is 12.2 Å². The number of hydrogen-bond acceptors (Lipinski definition) is 2. The molecule has 0 spiro atoms. The highest BCUT2D eigenvalue weighted by atomic mass is 32.1. The lowest BCUT2D eigenvalue weighted by Gasteiger charge is -2.11. The molecule has 0 saturated heterocycles. The zero-order valence-electron chi connectivity index (χ0n) is 9.28. The van der Waals surface area contributed by atoms with Gasteiger partial charge in [0, 0.05) is 17.3 Å². The zero-order valence-corrected chi connectivity index (χ0v) is 10.1. The molecule has 18 heavy (non-hydrogen) atoms. The van der Waals surface area contributed by atoms with Gasteiger partial charge in [-0.2, -0.15) is 0 Å². The summed E-state index contributed by atoms with van der Waals surface area (Å²) in [5, 5.41) is 2.78. The Bertz CT molecular complexity index is 599. The third-order valence-electron chi connectivity index (χ3n) is 2.39. The molecule has 0 aromatic heterocycles. The number of rotatable bonds is 3. The van der Waals surface area contributed by atoms with Crippen molar-refractivity contribution < 1.29 is 8.78 Å². The summed E-state index contributed by atoms with van der Waals surface area (Å²) >= 11 is 4.89. The predicted molar refractivity (Wildman–Crippen MR) is 72.0 cm³/mol. The Hall–Kier alpha value is -2.01. The Morgan fingerprint density at radius 2 is 1.78 bits per heavy atom. The van der Waals surface area contributed by atoms with E-state index >= 15 is 0 Å². The highest BCUT2D eigenvalue weighted by Crippen LogP contribution is 2.23. The highest BCUT2D eigenvalue weighted by Gasteiger charge is 2.08. The molecular formula is C13H10F2N2S. The number of para-hydroxylation sites is 1. The smallest absolute Gasteiger partial charge is 0.146 e. The Labute approximate surface area is 108 Å². The van der Waals surface area contributed by atoms with Gasteiger partial charge in [-0.05, 0) is 24.3 Å². The van der Waals surface area contributed by atoms with E-state index in [0.717, 1.165) is 18.2 Å². The fourth-order valence-corrected chi connectivity index (χ4v) is 1.72. The van der Waals surface area contributed by atoms with Crippen molar-refractivity contribution in [2.24, 2.45) is 5.73 Å². The van der Waals surface area contributed by atoms with Crippen molar-refractivity contribution in [3.8, 4) is 0 Å². The number of anilines is 2. The molecule has 2 aromatic rings. The van der Waals surface area contributed by atoms with E-state index in [9.17, 15) is 8.78 Å². The third kappa shape index (κ3) is 2.62. The second-order valence-corrected chi connectivity index (χ2v) is 4.10. The van der Waals surface area contributed by atoms with E-state index in [4.69, 9.17) is 18.0 Å². The summed E-state index contributed by atoms with van der Waals surface area (Å²) in [5.41, 5.74) is 6.72. The van der Waals surface area contributed by atoms with E-state index in [0.29, 0.717) is 11.3 Å². The van der Waals surface area contributed by atoms with Gasteiger partial charge in [0.15, 0.2) is 0 Å². The molecule has 2 aromatic carbocycles. The first-order valence-electron chi connectivity index (χ1n) is 5.19. The summed E-state index contributed by atoms with van der Waals surface area (Å²) in [6, 6.07) is 10.1. The average molecular weight is 264 g/mol. The quantitative estimate of drug-likeness (QED) is 0.835. The fourth-order valence-electron chi connectivity index (χ4n) is 1.55. The summed E-state index contributed by atoms with van der Waals surface area (Å²) in [7, 11) is 0. The average Bonchev–Trinajstić information content (AvgIpc) is 2.34. The van der Waals surface area contributed by atoms with Crippen molar-refractivity contribution >= 4 is 28.6 Å². The molecule has 0 aliphatic rings. The first-order valence-corrected chi connectivity index (χ1v) is 5.59. The van der Waals surface area contributed by atoms with Crippen LogP contribution in [0.2, 0.25) is 0 Å². The minimum Gasteiger partial charge on any atom is -0.389 e. The molecule has 0 amide bonds. The van der Waals surface area contributed by atoms with Crippen molar-refractivity contribution in [2.45, 2.75) is 0 Å². The summed E-state index contributed by atoms with van der Waals surface area (Å²) in [4.78, 5) is 0.190. The molecule has 2 nitrogen and oxygen atoms in total. The van der Waals surface area contributed by atoms with Gasteiger partial charge in [-0.3, -0.25) is 0 Å². The topological polar surface area (TPSA) is 38.0 Å². The van der Waals surface area contributed by atoms with E-state index in [2.05, 4.69) is 5.32 Å². The van der Waals surface area contributed by atoms with Gasteiger partial charge in [0.25, 0.3) is 0 Å². The maximum absolute atomic E-state index is 13.5. The number of nitrogens with two attached hydrogens (primary N) is 1. The second-order valence-electron chi connectivity index (χ2n) is 3.66. The maximum Gasteiger partial charge on any atom is 0.146 e. The van der Waals surface area contributed by atoms with Gasteiger partial charge in [0.1, 0.15) is 16.6 Å². The Morgan fingerprint density at radius 1 is 1.06 bits per heavy atom. The van der Waals surface area contributed by atoms with Crippen molar-refractivity contribution in [1.29, 1.82) is 0 Å². The van der Waals surface area contributed by atoms with Crippen LogP contribution in [0.5, 0.6) is 0 Å². The molecule has 0 radical (unpaired) electrons. The minimum absolute atomic E-state index is 0.0405. The lowest BCUT2D eigenvalue weighted by atomic mass is 10.1. The van der Waals surface area contributed by atoms with Crippen LogP contribution in [0.4, 0.5) is 20.2 Å². The molecule has 0 aliphatic carbocycles. The molecule has 0 fully saturated rings. The first-order chi connectivity index (χ1) is 8.58. The second kappa shape index (κ2) is 5.10. The van der Waals surface area contributed by atoms with Crippen molar-refractivity contribution in [1.82, 2.24) is 0 Å². The fraction of sp³-hybridized carbons (Fsp3) is 0. The SMILES string of the molecule is NC(=S)c1ccccc1Nc1cc(F)ccc1F. The predicted octanol–water partition coefficient (Wildman–Crippen LogP) is 3.34.